The molecule has 1 aromatic carbocycles. The molecular formula is C16H19N3O3. The van der Waals surface area contributed by atoms with Crippen LogP contribution in [0.3, 0.4) is 0 Å². The van der Waals surface area contributed by atoms with Crippen molar-refractivity contribution in [3.63, 3.8) is 0 Å². The van der Waals surface area contributed by atoms with Crippen LogP contribution in [0.2, 0.25) is 0 Å². The van der Waals surface area contributed by atoms with Crippen LogP contribution in [-0.2, 0) is 4.79 Å². The van der Waals surface area contributed by atoms with Gasteiger partial charge >= 0.3 is 0 Å². The van der Waals surface area contributed by atoms with Crippen molar-refractivity contribution in [2.75, 3.05) is 10.6 Å². The standard InChI is InChI=1S/C16H19N3O3/c1-4-10(2)15(20)18-12-5-7-13(8-6-12)19-16(21)14-9-17-22-11(14)3/h5-10H,4H2,1-3H3,(H,18,20)(H,19,21)/t10-/m0/s1. The third kappa shape index (κ3) is 3.72. The molecule has 0 fully saturated rings. The van der Waals surface area contributed by atoms with E-state index in [9.17, 15) is 9.59 Å². The van der Waals surface area contributed by atoms with E-state index in [-0.39, 0.29) is 17.7 Å². The highest BCUT2D eigenvalue weighted by atomic mass is 16.5. The van der Waals surface area contributed by atoms with Crippen molar-refractivity contribution in [1.82, 2.24) is 5.16 Å². The average molecular weight is 301 g/mol. The fourth-order valence-corrected chi connectivity index (χ4v) is 1.80. The quantitative estimate of drug-likeness (QED) is 0.888. The zero-order valence-electron chi connectivity index (χ0n) is 12.8. The lowest BCUT2D eigenvalue weighted by molar-refractivity contribution is -0.119. The van der Waals surface area contributed by atoms with Gasteiger partial charge in [0.05, 0.1) is 6.20 Å². The van der Waals surface area contributed by atoms with Gasteiger partial charge in [-0.25, -0.2) is 0 Å². The minimum Gasteiger partial charge on any atom is -0.361 e. The van der Waals surface area contributed by atoms with Gasteiger partial charge in [0.25, 0.3) is 5.91 Å². The summed E-state index contributed by atoms with van der Waals surface area (Å²) < 4.78 is 4.86. The number of carbonyl (C=O) groups is 2. The van der Waals surface area contributed by atoms with Gasteiger partial charge in [0, 0.05) is 17.3 Å². The molecule has 2 N–H and O–H groups in total. The number of aromatic nitrogens is 1. The topological polar surface area (TPSA) is 84.2 Å². The average Bonchev–Trinajstić information content (AvgIpc) is 2.94. The maximum atomic E-state index is 12.0. The number of benzene rings is 1. The molecule has 22 heavy (non-hydrogen) atoms. The molecule has 0 unspecified atom stereocenters. The molecule has 1 atom stereocenters. The van der Waals surface area contributed by atoms with Crippen molar-refractivity contribution in [2.45, 2.75) is 27.2 Å². The Bertz CT molecular complexity index is 662. The van der Waals surface area contributed by atoms with Crippen molar-refractivity contribution >= 4 is 23.2 Å². The van der Waals surface area contributed by atoms with E-state index in [1.807, 2.05) is 13.8 Å². The van der Waals surface area contributed by atoms with Crippen molar-refractivity contribution < 1.29 is 14.1 Å². The Balaban J connectivity index is 1.99. The summed E-state index contributed by atoms with van der Waals surface area (Å²) in [4.78, 5) is 23.8. The van der Waals surface area contributed by atoms with Gasteiger partial charge in [-0.3, -0.25) is 9.59 Å². The van der Waals surface area contributed by atoms with Crippen LogP contribution in [0.1, 0.15) is 36.4 Å². The lowest BCUT2D eigenvalue weighted by Crippen LogP contribution is -2.19. The number of amides is 2. The van der Waals surface area contributed by atoms with Gasteiger partial charge in [-0.1, -0.05) is 19.0 Å². The van der Waals surface area contributed by atoms with E-state index in [4.69, 9.17) is 4.52 Å². The largest absolute Gasteiger partial charge is 0.361 e. The Hall–Kier alpha value is -2.63. The summed E-state index contributed by atoms with van der Waals surface area (Å²) in [6.45, 7) is 5.52. The molecule has 6 heteroatoms. The van der Waals surface area contributed by atoms with E-state index in [1.54, 1.807) is 31.2 Å². The third-order valence-corrected chi connectivity index (χ3v) is 3.47. The van der Waals surface area contributed by atoms with Crippen molar-refractivity contribution in [1.29, 1.82) is 0 Å². The van der Waals surface area contributed by atoms with Gasteiger partial charge in [-0.05, 0) is 37.6 Å². The van der Waals surface area contributed by atoms with Crippen LogP contribution < -0.4 is 10.6 Å². The Labute approximate surface area is 128 Å². The molecule has 6 nitrogen and oxygen atoms in total. The maximum Gasteiger partial charge on any atom is 0.260 e. The highest BCUT2D eigenvalue weighted by Crippen LogP contribution is 2.16. The summed E-state index contributed by atoms with van der Waals surface area (Å²) in [6.07, 6.45) is 2.17. The molecule has 1 heterocycles. The van der Waals surface area contributed by atoms with Crippen LogP contribution in [0.4, 0.5) is 11.4 Å². The van der Waals surface area contributed by atoms with E-state index in [0.29, 0.717) is 22.7 Å². The number of anilines is 2. The summed E-state index contributed by atoms with van der Waals surface area (Å²) in [6, 6.07) is 6.95. The smallest absolute Gasteiger partial charge is 0.260 e. The number of nitrogens with zero attached hydrogens (tertiary/aromatic N) is 1. The molecule has 0 saturated heterocycles. The van der Waals surface area contributed by atoms with Crippen LogP contribution in [0, 0.1) is 12.8 Å². The van der Waals surface area contributed by atoms with E-state index in [0.717, 1.165) is 6.42 Å². The monoisotopic (exact) mass is 301 g/mol. The van der Waals surface area contributed by atoms with Crippen molar-refractivity contribution in [3.8, 4) is 0 Å². The minimum absolute atomic E-state index is 0.0145. The van der Waals surface area contributed by atoms with Crippen LogP contribution in [-0.4, -0.2) is 17.0 Å². The van der Waals surface area contributed by atoms with Crippen molar-refractivity contribution in [3.05, 3.63) is 41.8 Å². The highest BCUT2D eigenvalue weighted by molar-refractivity contribution is 6.04. The van der Waals surface area contributed by atoms with E-state index >= 15 is 0 Å². The summed E-state index contributed by atoms with van der Waals surface area (Å²) in [7, 11) is 0. The molecule has 0 saturated carbocycles. The normalized spacial score (nSPS) is 11.8. The summed E-state index contributed by atoms with van der Waals surface area (Å²) in [5.74, 6) is 0.139. The zero-order valence-corrected chi connectivity index (χ0v) is 12.8. The Morgan fingerprint density at radius 2 is 1.77 bits per heavy atom. The number of hydrogen-bond acceptors (Lipinski definition) is 4. The molecule has 0 aliphatic heterocycles. The number of rotatable bonds is 5. The summed E-state index contributed by atoms with van der Waals surface area (Å²) in [5, 5.41) is 9.15. The number of nitrogens with one attached hydrogen (secondary N) is 2. The first-order valence-electron chi connectivity index (χ1n) is 7.14. The maximum absolute atomic E-state index is 12.0. The molecule has 0 aliphatic carbocycles. The van der Waals surface area contributed by atoms with E-state index in [1.165, 1.54) is 6.20 Å². The molecule has 116 valence electrons. The second-order valence-corrected chi connectivity index (χ2v) is 5.13. The molecule has 1 aromatic heterocycles. The summed E-state index contributed by atoms with van der Waals surface area (Å²) in [5.41, 5.74) is 1.73. The van der Waals surface area contributed by atoms with Crippen LogP contribution >= 0.6 is 0 Å². The van der Waals surface area contributed by atoms with Gasteiger partial charge < -0.3 is 15.2 Å². The predicted molar refractivity (Wildman–Crippen MR) is 83.7 cm³/mol. The molecule has 0 radical (unpaired) electrons. The molecule has 2 amide bonds. The van der Waals surface area contributed by atoms with E-state index in [2.05, 4.69) is 15.8 Å². The van der Waals surface area contributed by atoms with Gasteiger partial charge in [0.15, 0.2) is 0 Å². The van der Waals surface area contributed by atoms with Crippen LogP contribution in [0.25, 0.3) is 0 Å². The molecule has 0 bridgehead atoms. The number of aryl methyl sites for hydroxylation is 1. The third-order valence-electron chi connectivity index (χ3n) is 3.47. The predicted octanol–water partition coefficient (Wildman–Crippen LogP) is 3.22. The van der Waals surface area contributed by atoms with Crippen molar-refractivity contribution in [2.24, 2.45) is 5.92 Å². The first-order chi connectivity index (χ1) is 10.5. The summed E-state index contributed by atoms with van der Waals surface area (Å²) >= 11 is 0. The Morgan fingerprint density at radius 3 is 2.27 bits per heavy atom. The minimum atomic E-state index is -0.282. The number of carbonyl (C=O) groups excluding carboxylic acids is 2. The van der Waals surface area contributed by atoms with Gasteiger partial charge in [0.2, 0.25) is 5.91 Å². The lowest BCUT2D eigenvalue weighted by atomic mass is 10.1. The molecule has 2 rings (SSSR count). The van der Waals surface area contributed by atoms with Crippen LogP contribution in [0.5, 0.6) is 0 Å². The Kier molecular flexibility index (Phi) is 4.93. The number of hydrogen-bond donors (Lipinski definition) is 2. The molecular weight excluding hydrogens is 282 g/mol. The highest BCUT2D eigenvalue weighted by Gasteiger charge is 2.13. The second kappa shape index (κ2) is 6.89. The second-order valence-electron chi connectivity index (χ2n) is 5.13. The van der Waals surface area contributed by atoms with Crippen LogP contribution in [0.15, 0.2) is 35.0 Å². The fourth-order valence-electron chi connectivity index (χ4n) is 1.80. The molecule has 0 spiro atoms. The Morgan fingerprint density at radius 1 is 1.18 bits per heavy atom. The van der Waals surface area contributed by atoms with Gasteiger partial charge in [0.1, 0.15) is 11.3 Å². The molecule has 0 aliphatic rings. The lowest BCUT2D eigenvalue weighted by Gasteiger charge is -2.10. The van der Waals surface area contributed by atoms with Gasteiger partial charge in [-0.15, -0.1) is 0 Å². The zero-order chi connectivity index (χ0) is 16.1. The first-order valence-corrected chi connectivity index (χ1v) is 7.14. The fraction of sp³-hybridized carbons (Fsp3) is 0.312. The van der Waals surface area contributed by atoms with Gasteiger partial charge in [-0.2, -0.15) is 0 Å². The SMILES string of the molecule is CC[C@H](C)C(=O)Nc1ccc(NC(=O)c2cnoc2C)cc1. The first kappa shape index (κ1) is 15.8. The van der Waals surface area contributed by atoms with E-state index < -0.39 is 0 Å². The molecule has 2 aromatic rings.